The van der Waals surface area contributed by atoms with E-state index in [9.17, 15) is 27.2 Å². The molecule has 1 heterocycles. The molecule has 17 heavy (non-hydrogen) atoms. The van der Waals surface area contributed by atoms with Crippen LogP contribution in [0.5, 0.6) is 0 Å². The van der Waals surface area contributed by atoms with Crippen molar-refractivity contribution < 1.29 is 27.2 Å². The first-order valence-corrected chi connectivity index (χ1v) is 4.55. The number of rotatable bonds is 2. The summed E-state index contributed by atoms with van der Waals surface area (Å²) in [7, 11) is 0. The number of alkyl halides is 2. The van der Waals surface area contributed by atoms with Crippen molar-refractivity contribution >= 4 is 17.4 Å². The summed E-state index contributed by atoms with van der Waals surface area (Å²) in [6, 6.07) is 1.11. The molecule has 1 aliphatic rings. The zero-order valence-corrected chi connectivity index (χ0v) is 8.21. The Hall–Kier alpha value is -1.92. The van der Waals surface area contributed by atoms with E-state index in [4.69, 9.17) is 0 Å². The standard InChI is InChI=1S/C10H5F4NO2/c11-4-1-5(12)8-6(2-4)15(3-7(13)14)10(17)9(8)16/h1-2,7H,3H2. The summed E-state index contributed by atoms with van der Waals surface area (Å²) in [6.45, 7) is -1.07. The molecule has 0 N–H and O–H groups in total. The average molecular weight is 247 g/mol. The van der Waals surface area contributed by atoms with Crippen molar-refractivity contribution in [3.63, 3.8) is 0 Å². The molecule has 1 aliphatic heterocycles. The van der Waals surface area contributed by atoms with E-state index < -0.39 is 47.5 Å². The van der Waals surface area contributed by atoms with Crippen molar-refractivity contribution in [2.45, 2.75) is 6.43 Å². The van der Waals surface area contributed by atoms with E-state index in [1.165, 1.54) is 0 Å². The van der Waals surface area contributed by atoms with Gasteiger partial charge in [-0.15, -0.1) is 0 Å². The van der Waals surface area contributed by atoms with Crippen LogP contribution >= 0.6 is 0 Å². The molecule has 0 atom stereocenters. The lowest BCUT2D eigenvalue weighted by Crippen LogP contribution is -2.33. The Morgan fingerprint density at radius 3 is 2.41 bits per heavy atom. The number of hydrogen-bond acceptors (Lipinski definition) is 2. The molecule has 7 heteroatoms. The van der Waals surface area contributed by atoms with Gasteiger partial charge in [-0.2, -0.15) is 0 Å². The number of amides is 1. The third kappa shape index (κ3) is 1.77. The Bertz CT molecular complexity index is 515. The van der Waals surface area contributed by atoms with Crippen molar-refractivity contribution in [3.8, 4) is 0 Å². The van der Waals surface area contributed by atoms with Gasteiger partial charge in [-0.05, 0) is 6.07 Å². The van der Waals surface area contributed by atoms with E-state index >= 15 is 0 Å². The number of Topliss-reactive ketones (excluding diaryl/α,β-unsaturated/α-hetero) is 1. The van der Waals surface area contributed by atoms with Gasteiger partial charge in [-0.1, -0.05) is 0 Å². The quantitative estimate of drug-likeness (QED) is 0.590. The smallest absolute Gasteiger partial charge is 0.299 e. The fraction of sp³-hybridized carbons (Fsp3) is 0.200. The summed E-state index contributed by atoms with van der Waals surface area (Å²) < 4.78 is 50.5. The van der Waals surface area contributed by atoms with E-state index in [0.717, 1.165) is 0 Å². The number of hydrogen-bond donors (Lipinski definition) is 0. The molecule has 1 aromatic rings. The average Bonchev–Trinajstić information content (AvgIpc) is 2.42. The molecule has 0 saturated heterocycles. The lowest BCUT2D eigenvalue weighted by molar-refractivity contribution is -0.114. The van der Waals surface area contributed by atoms with Gasteiger partial charge >= 0.3 is 0 Å². The van der Waals surface area contributed by atoms with Crippen molar-refractivity contribution in [1.29, 1.82) is 0 Å². The molecule has 0 spiro atoms. The third-order valence-corrected chi connectivity index (χ3v) is 2.31. The van der Waals surface area contributed by atoms with E-state index in [1.54, 1.807) is 0 Å². The highest BCUT2D eigenvalue weighted by Gasteiger charge is 2.39. The zero-order chi connectivity index (χ0) is 12.7. The number of carbonyl (C=O) groups excluding carboxylic acids is 2. The van der Waals surface area contributed by atoms with Gasteiger partial charge in [-0.3, -0.25) is 14.5 Å². The molecular formula is C10H5F4NO2. The van der Waals surface area contributed by atoms with Crippen LogP contribution in [0.25, 0.3) is 0 Å². The molecule has 0 unspecified atom stereocenters. The fourth-order valence-electron chi connectivity index (χ4n) is 1.66. The maximum Gasteiger partial charge on any atom is 0.299 e. The number of halogens is 4. The molecule has 0 fully saturated rings. The molecular weight excluding hydrogens is 242 g/mol. The minimum Gasteiger partial charge on any atom is -0.299 e. The van der Waals surface area contributed by atoms with E-state index in [0.29, 0.717) is 17.0 Å². The SMILES string of the molecule is O=C1C(=O)N(CC(F)F)c2cc(F)cc(F)c21. The van der Waals surface area contributed by atoms with Crippen LogP contribution in [0.4, 0.5) is 23.2 Å². The molecule has 90 valence electrons. The van der Waals surface area contributed by atoms with Crippen LogP contribution in [-0.4, -0.2) is 24.7 Å². The highest BCUT2D eigenvalue weighted by atomic mass is 19.3. The first-order chi connectivity index (χ1) is 7.91. The largest absolute Gasteiger partial charge is 0.299 e. The van der Waals surface area contributed by atoms with E-state index in [1.807, 2.05) is 0 Å². The predicted octanol–water partition coefficient (Wildman–Crippen LogP) is 1.76. The minimum absolute atomic E-state index is 0.383. The van der Waals surface area contributed by atoms with Crippen LogP contribution in [0.15, 0.2) is 12.1 Å². The van der Waals surface area contributed by atoms with Crippen LogP contribution in [0.3, 0.4) is 0 Å². The van der Waals surface area contributed by atoms with Crippen LogP contribution in [0, 0.1) is 11.6 Å². The van der Waals surface area contributed by atoms with Gasteiger partial charge in [0.15, 0.2) is 0 Å². The van der Waals surface area contributed by atoms with E-state index in [2.05, 4.69) is 0 Å². The number of ketones is 1. The zero-order valence-electron chi connectivity index (χ0n) is 8.21. The Morgan fingerprint density at radius 1 is 1.18 bits per heavy atom. The number of fused-ring (bicyclic) bond motifs is 1. The number of anilines is 1. The maximum atomic E-state index is 13.3. The van der Waals surface area contributed by atoms with Gasteiger partial charge in [-0.25, -0.2) is 17.6 Å². The number of benzene rings is 1. The Kier molecular flexibility index (Phi) is 2.60. The van der Waals surface area contributed by atoms with Crippen LogP contribution in [0.2, 0.25) is 0 Å². The van der Waals surface area contributed by atoms with Crippen molar-refractivity contribution in [2.24, 2.45) is 0 Å². The van der Waals surface area contributed by atoms with Crippen molar-refractivity contribution in [1.82, 2.24) is 0 Å². The van der Waals surface area contributed by atoms with Gasteiger partial charge in [0.1, 0.15) is 11.6 Å². The summed E-state index contributed by atoms with van der Waals surface area (Å²) in [6.07, 6.45) is -2.90. The Balaban J connectivity index is 2.56. The topological polar surface area (TPSA) is 37.4 Å². The molecule has 1 aromatic carbocycles. The van der Waals surface area contributed by atoms with Gasteiger partial charge in [0.05, 0.1) is 17.8 Å². The van der Waals surface area contributed by atoms with Crippen LogP contribution in [0.1, 0.15) is 10.4 Å². The van der Waals surface area contributed by atoms with Gasteiger partial charge in [0, 0.05) is 6.07 Å². The minimum atomic E-state index is -2.90. The Morgan fingerprint density at radius 2 is 1.82 bits per heavy atom. The van der Waals surface area contributed by atoms with Gasteiger partial charge in [0.2, 0.25) is 0 Å². The van der Waals surface area contributed by atoms with Crippen molar-refractivity contribution in [3.05, 3.63) is 29.3 Å². The third-order valence-electron chi connectivity index (χ3n) is 2.31. The number of nitrogens with zero attached hydrogens (tertiary/aromatic N) is 1. The van der Waals surface area contributed by atoms with Crippen LogP contribution < -0.4 is 4.90 Å². The molecule has 0 saturated carbocycles. The fourth-order valence-corrected chi connectivity index (χ4v) is 1.66. The highest BCUT2D eigenvalue weighted by molar-refractivity contribution is 6.52. The first-order valence-electron chi connectivity index (χ1n) is 4.55. The summed E-state index contributed by atoms with van der Waals surface area (Å²) in [5.74, 6) is -4.78. The molecule has 1 amide bonds. The van der Waals surface area contributed by atoms with Gasteiger partial charge < -0.3 is 0 Å². The molecule has 2 rings (SSSR count). The van der Waals surface area contributed by atoms with E-state index in [-0.39, 0.29) is 0 Å². The van der Waals surface area contributed by atoms with Gasteiger partial charge in [0.25, 0.3) is 18.1 Å². The first kappa shape index (κ1) is 11.6. The predicted molar refractivity (Wildman–Crippen MR) is 49.0 cm³/mol. The molecule has 0 radical (unpaired) electrons. The number of carbonyl (C=O) groups is 2. The molecule has 0 aliphatic carbocycles. The molecule has 0 bridgehead atoms. The monoisotopic (exact) mass is 247 g/mol. The highest BCUT2D eigenvalue weighted by Crippen LogP contribution is 2.32. The lowest BCUT2D eigenvalue weighted by atomic mass is 10.1. The second-order valence-corrected chi connectivity index (χ2v) is 3.42. The summed E-state index contributed by atoms with van der Waals surface area (Å²) in [5.41, 5.74) is -1.10. The normalized spacial score (nSPS) is 14.8. The summed E-state index contributed by atoms with van der Waals surface area (Å²) in [5, 5.41) is 0. The Labute approximate surface area is 92.6 Å². The summed E-state index contributed by atoms with van der Waals surface area (Å²) in [4.78, 5) is 23.0. The molecule has 3 nitrogen and oxygen atoms in total. The second-order valence-electron chi connectivity index (χ2n) is 3.42. The van der Waals surface area contributed by atoms with Crippen LogP contribution in [-0.2, 0) is 4.79 Å². The molecule has 0 aromatic heterocycles. The summed E-state index contributed by atoms with van der Waals surface area (Å²) >= 11 is 0. The van der Waals surface area contributed by atoms with Crippen molar-refractivity contribution in [2.75, 3.05) is 11.4 Å². The maximum absolute atomic E-state index is 13.3. The second kappa shape index (κ2) is 3.83. The lowest BCUT2D eigenvalue weighted by Gasteiger charge is -2.15.